The summed E-state index contributed by atoms with van der Waals surface area (Å²) < 4.78 is 46.1. The van der Waals surface area contributed by atoms with Crippen molar-refractivity contribution in [3.8, 4) is 5.75 Å². The number of ether oxygens (including phenoxy) is 1. The molecule has 0 saturated heterocycles. The quantitative estimate of drug-likeness (QED) is 0.380. The number of hydrogen-bond acceptors (Lipinski definition) is 4. The number of para-hydroxylation sites is 1. The van der Waals surface area contributed by atoms with E-state index in [0.717, 1.165) is 12.8 Å². The standard InChI is InChI=1S/C19H31FN4O3S/c1-3-16(27-18-10-5-4-9-17(18)20)14-23-19(21-2)22-11-12-28(25,26)24-13-15-7-6-8-15/h4-5,9-10,15-16,24H,3,6-8,11-14H2,1-2H3,(H2,21,22,23). The molecular weight excluding hydrogens is 383 g/mol. The number of halogens is 1. The molecule has 9 heteroatoms. The van der Waals surface area contributed by atoms with Crippen molar-refractivity contribution in [2.24, 2.45) is 10.9 Å². The van der Waals surface area contributed by atoms with Gasteiger partial charge in [-0.05, 0) is 37.3 Å². The summed E-state index contributed by atoms with van der Waals surface area (Å²) in [7, 11) is -1.69. The van der Waals surface area contributed by atoms with Gasteiger partial charge in [-0.2, -0.15) is 0 Å². The van der Waals surface area contributed by atoms with Crippen molar-refractivity contribution >= 4 is 16.0 Å². The summed E-state index contributed by atoms with van der Waals surface area (Å²) in [6.07, 6.45) is 3.83. The van der Waals surface area contributed by atoms with Crippen LogP contribution in [0.1, 0.15) is 32.6 Å². The van der Waals surface area contributed by atoms with E-state index < -0.39 is 15.8 Å². The molecule has 1 aliphatic rings. The van der Waals surface area contributed by atoms with Gasteiger partial charge in [-0.25, -0.2) is 17.5 Å². The van der Waals surface area contributed by atoms with Crippen LogP contribution in [-0.2, 0) is 10.0 Å². The monoisotopic (exact) mass is 414 g/mol. The van der Waals surface area contributed by atoms with Crippen LogP contribution in [0, 0.1) is 11.7 Å². The third kappa shape index (κ3) is 7.63. The van der Waals surface area contributed by atoms with Crippen molar-refractivity contribution in [2.75, 3.05) is 32.4 Å². The molecule has 1 aromatic rings. The van der Waals surface area contributed by atoms with Gasteiger partial charge < -0.3 is 15.4 Å². The van der Waals surface area contributed by atoms with Gasteiger partial charge >= 0.3 is 0 Å². The van der Waals surface area contributed by atoms with E-state index in [9.17, 15) is 12.8 Å². The van der Waals surface area contributed by atoms with Gasteiger partial charge in [0.1, 0.15) is 6.10 Å². The molecule has 0 radical (unpaired) electrons. The van der Waals surface area contributed by atoms with Crippen molar-refractivity contribution in [1.82, 2.24) is 15.4 Å². The number of aliphatic imine (C=N–C) groups is 1. The molecule has 1 aromatic carbocycles. The molecule has 1 saturated carbocycles. The van der Waals surface area contributed by atoms with E-state index in [-0.39, 0.29) is 24.2 Å². The molecule has 2 rings (SSSR count). The lowest BCUT2D eigenvalue weighted by atomic mass is 9.86. The average Bonchev–Trinajstić information content (AvgIpc) is 2.63. The Hall–Kier alpha value is -1.87. The van der Waals surface area contributed by atoms with E-state index in [2.05, 4.69) is 20.3 Å². The fraction of sp³-hybridized carbons (Fsp3) is 0.632. The molecule has 0 bridgehead atoms. The second-order valence-electron chi connectivity index (χ2n) is 6.92. The summed E-state index contributed by atoms with van der Waals surface area (Å²) in [5.74, 6) is 0.747. The fourth-order valence-electron chi connectivity index (χ4n) is 2.74. The number of sulfonamides is 1. The minimum Gasteiger partial charge on any atom is -0.486 e. The minimum atomic E-state index is -3.30. The van der Waals surface area contributed by atoms with E-state index in [1.807, 2.05) is 6.92 Å². The summed E-state index contributed by atoms with van der Waals surface area (Å²) in [6, 6.07) is 6.28. The maximum atomic E-state index is 13.7. The molecule has 1 unspecified atom stereocenters. The van der Waals surface area contributed by atoms with E-state index in [1.165, 1.54) is 12.5 Å². The third-order valence-electron chi connectivity index (χ3n) is 4.79. The zero-order valence-electron chi connectivity index (χ0n) is 16.6. The van der Waals surface area contributed by atoms with Crippen LogP contribution in [0.5, 0.6) is 5.75 Å². The molecule has 0 amide bonds. The number of rotatable bonds is 11. The predicted molar refractivity (Wildman–Crippen MR) is 110 cm³/mol. The van der Waals surface area contributed by atoms with Gasteiger partial charge in [-0.15, -0.1) is 0 Å². The van der Waals surface area contributed by atoms with Crippen molar-refractivity contribution < 1.29 is 17.5 Å². The number of hydrogen-bond donors (Lipinski definition) is 3. The Labute approximate surface area is 167 Å². The Balaban J connectivity index is 1.71. The fourth-order valence-corrected chi connectivity index (χ4v) is 3.74. The summed E-state index contributed by atoms with van der Waals surface area (Å²) in [6.45, 7) is 3.13. The third-order valence-corrected chi connectivity index (χ3v) is 6.13. The summed E-state index contributed by atoms with van der Waals surface area (Å²) in [5, 5.41) is 6.08. The van der Waals surface area contributed by atoms with Gasteiger partial charge in [0.2, 0.25) is 10.0 Å². The van der Waals surface area contributed by atoms with Gasteiger partial charge in [0.25, 0.3) is 0 Å². The van der Waals surface area contributed by atoms with Crippen molar-refractivity contribution in [2.45, 2.75) is 38.7 Å². The van der Waals surface area contributed by atoms with Gasteiger partial charge in [-0.3, -0.25) is 4.99 Å². The van der Waals surface area contributed by atoms with Crippen LogP contribution in [0.4, 0.5) is 4.39 Å². The minimum absolute atomic E-state index is 0.0245. The van der Waals surface area contributed by atoms with Crippen LogP contribution in [0.2, 0.25) is 0 Å². The smallest absolute Gasteiger partial charge is 0.213 e. The first-order chi connectivity index (χ1) is 13.4. The van der Waals surface area contributed by atoms with Crippen molar-refractivity contribution in [3.63, 3.8) is 0 Å². The largest absolute Gasteiger partial charge is 0.486 e. The Kier molecular flexibility index (Phi) is 8.98. The van der Waals surface area contributed by atoms with Crippen molar-refractivity contribution in [3.05, 3.63) is 30.1 Å². The SMILES string of the molecule is CCC(CNC(=NC)NCCS(=O)(=O)NCC1CCC1)Oc1ccccc1F. The Morgan fingerprint density at radius 2 is 2.07 bits per heavy atom. The molecule has 1 aliphatic carbocycles. The lowest BCUT2D eigenvalue weighted by Crippen LogP contribution is -2.44. The lowest BCUT2D eigenvalue weighted by molar-refractivity contribution is 0.191. The number of guanidine groups is 1. The Morgan fingerprint density at radius 3 is 2.68 bits per heavy atom. The van der Waals surface area contributed by atoms with Gasteiger partial charge in [0, 0.05) is 20.1 Å². The van der Waals surface area contributed by atoms with E-state index in [4.69, 9.17) is 4.74 Å². The highest BCUT2D eigenvalue weighted by molar-refractivity contribution is 7.89. The molecule has 0 aromatic heterocycles. The maximum absolute atomic E-state index is 13.7. The predicted octanol–water partition coefficient (Wildman–Crippen LogP) is 1.87. The van der Waals surface area contributed by atoms with Crippen LogP contribution in [0.3, 0.4) is 0 Å². The Bertz CT molecular complexity index is 738. The molecule has 28 heavy (non-hydrogen) atoms. The molecule has 0 spiro atoms. The second-order valence-corrected chi connectivity index (χ2v) is 8.85. The Morgan fingerprint density at radius 1 is 1.32 bits per heavy atom. The topological polar surface area (TPSA) is 91.8 Å². The molecule has 158 valence electrons. The van der Waals surface area contributed by atoms with E-state index in [1.54, 1.807) is 25.2 Å². The van der Waals surface area contributed by atoms with Crippen molar-refractivity contribution in [1.29, 1.82) is 0 Å². The number of benzene rings is 1. The number of nitrogens with one attached hydrogen (secondary N) is 3. The molecule has 1 fully saturated rings. The molecular formula is C19H31FN4O3S. The molecule has 1 atom stereocenters. The first-order valence-electron chi connectivity index (χ1n) is 9.76. The zero-order valence-corrected chi connectivity index (χ0v) is 17.4. The molecule has 7 nitrogen and oxygen atoms in total. The highest BCUT2D eigenvalue weighted by Crippen LogP contribution is 2.25. The normalized spacial score (nSPS) is 16.3. The van der Waals surface area contributed by atoms with Crippen LogP contribution < -0.4 is 20.1 Å². The van der Waals surface area contributed by atoms with Crippen LogP contribution in [0.15, 0.2) is 29.3 Å². The van der Waals surface area contributed by atoms with Crippen LogP contribution in [0.25, 0.3) is 0 Å². The second kappa shape index (κ2) is 11.2. The lowest BCUT2D eigenvalue weighted by Gasteiger charge is -2.25. The van der Waals surface area contributed by atoms with Gasteiger partial charge in [0.05, 0.1) is 12.3 Å². The number of nitrogens with zero attached hydrogens (tertiary/aromatic N) is 1. The zero-order chi connectivity index (χ0) is 20.4. The highest BCUT2D eigenvalue weighted by atomic mass is 32.2. The van der Waals surface area contributed by atoms with Gasteiger partial charge in [0.15, 0.2) is 17.5 Å². The van der Waals surface area contributed by atoms with E-state index >= 15 is 0 Å². The van der Waals surface area contributed by atoms with Crippen LogP contribution >= 0.6 is 0 Å². The first kappa shape index (κ1) is 22.4. The molecule has 0 aliphatic heterocycles. The molecule has 0 heterocycles. The summed E-state index contributed by atoms with van der Waals surface area (Å²) >= 11 is 0. The van der Waals surface area contributed by atoms with Gasteiger partial charge in [-0.1, -0.05) is 25.5 Å². The average molecular weight is 415 g/mol. The highest BCUT2D eigenvalue weighted by Gasteiger charge is 2.20. The maximum Gasteiger partial charge on any atom is 0.213 e. The summed E-state index contributed by atoms with van der Waals surface area (Å²) in [5.41, 5.74) is 0. The van der Waals surface area contributed by atoms with Crippen LogP contribution in [-0.4, -0.2) is 52.9 Å². The summed E-state index contributed by atoms with van der Waals surface area (Å²) in [4.78, 5) is 4.08. The van der Waals surface area contributed by atoms with E-state index in [0.29, 0.717) is 31.4 Å². The first-order valence-corrected chi connectivity index (χ1v) is 11.4. The molecule has 3 N–H and O–H groups in total.